The van der Waals surface area contributed by atoms with Crippen molar-refractivity contribution in [1.29, 1.82) is 0 Å². The van der Waals surface area contributed by atoms with E-state index in [1.54, 1.807) is 11.3 Å². The van der Waals surface area contributed by atoms with Gasteiger partial charge in [0.15, 0.2) is 0 Å². The van der Waals surface area contributed by atoms with Crippen LogP contribution >= 0.6 is 11.3 Å². The Kier molecular flexibility index (Phi) is 3.67. The van der Waals surface area contributed by atoms with Crippen LogP contribution < -0.4 is 0 Å². The molecule has 5 nitrogen and oxygen atoms in total. The van der Waals surface area contributed by atoms with Gasteiger partial charge in [-0.05, 0) is 36.1 Å². The zero-order chi connectivity index (χ0) is 15.6. The van der Waals surface area contributed by atoms with E-state index in [4.69, 9.17) is 4.52 Å². The molecule has 1 aromatic carbocycles. The van der Waals surface area contributed by atoms with Crippen molar-refractivity contribution in [1.82, 2.24) is 19.7 Å². The lowest BCUT2D eigenvalue weighted by atomic mass is 10.2. The van der Waals surface area contributed by atoms with Crippen LogP contribution in [0.2, 0.25) is 0 Å². The lowest BCUT2D eigenvalue weighted by Crippen LogP contribution is -1.94. The van der Waals surface area contributed by atoms with Crippen molar-refractivity contribution >= 4 is 22.4 Å². The van der Waals surface area contributed by atoms with Gasteiger partial charge in [0.2, 0.25) is 11.7 Å². The molecule has 4 aromatic rings. The average Bonchev–Trinajstić information content (AvgIpc) is 3.29. The summed E-state index contributed by atoms with van der Waals surface area (Å²) in [6, 6.07) is 10.2. The molecule has 3 heterocycles. The van der Waals surface area contributed by atoms with Crippen LogP contribution in [-0.4, -0.2) is 19.7 Å². The first kappa shape index (κ1) is 14.1. The summed E-state index contributed by atoms with van der Waals surface area (Å²) in [6.45, 7) is 3.11. The van der Waals surface area contributed by atoms with Crippen LogP contribution in [0.15, 0.2) is 46.6 Å². The number of thiophene rings is 1. The molecule has 0 fully saturated rings. The molecule has 0 unspecified atom stereocenters. The molecule has 0 saturated carbocycles. The van der Waals surface area contributed by atoms with Gasteiger partial charge in [0, 0.05) is 17.0 Å². The summed E-state index contributed by atoms with van der Waals surface area (Å²) in [5.41, 5.74) is 3.05. The van der Waals surface area contributed by atoms with Gasteiger partial charge in [-0.1, -0.05) is 18.1 Å². The Morgan fingerprint density at radius 2 is 2.22 bits per heavy atom. The number of aromatic nitrogens is 4. The summed E-state index contributed by atoms with van der Waals surface area (Å²) < 4.78 is 7.55. The molecule has 4 rings (SSSR count). The first-order chi connectivity index (χ1) is 11.3. The zero-order valence-corrected chi connectivity index (χ0v) is 13.6. The summed E-state index contributed by atoms with van der Waals surface area (Å²) in [5.74, 6) is 1.27. The highest BCUT2D eigenvalue weighted by atomic mass is 32.1. The fourth-order valence-corrected chi connectivity index (χ4v) is 3.32. The molecule has 0 spiro atoms. The van der Waals surface area contributed by atoms with Gasteiger partial charge in [0.1, 0.15) is 0 Å². The second-order valence-corrected chi connectivity index (χ2v) is 6.44. The number of hydrogen-bond donors (Lipinski definition) is 0. The van der Waals surface area contributed by atoms with Crippen molar-refractivity contribution < 1.29 is 4.52 Å². The first-order valence-corrected chi connectivity index (χ1v) is 8.51. The van der Waals surface area contributed by atoms with Crippen LogP contribution in [0.5, 0.6) is 0 Å². The smallest absolute Gasteiger partial charge is 0.232 e. The van der Waals surface area contributed by atoms with Gasteiger partial charge in [-0.2, -0.15) is 4.98 Å². The summed E-state index contributed by atoms with van der Waals surface area (Å²) in [5, 5.41) is 6.17. The van der Waals surface area contributed by atoms with Crippen LogP contribution in [0.3, 0.4) is 0 Å². The molecule has 6 heteroatoms. The average molecular weight is 324 g/mol. The quantitative estimate of drug-likeness (QED) is 0.553. The number of hydrogen-bond acceptors (Lipinski definition) is 5. The second-order valence-electron chi connectivity index (χ2n) is 5.41. The Labute approximate surface area is 137 Å². The molecule has 116 valence electrons. The molecule has 0 radical (unpaired) electrons. The number of fused-ring (bicyclic) bond motifs is 1. The molecule has 0 saturated heterocycles. The summed E-state index contributed by atoms with van der Waals surface area (Å²) in [4.78, 5) is 10.2. The lowest BCUT2D eigenvalue weighted by Gasteiger charge is -2.02. The van der Waals surface area contributed by atoms with Crippen molar-refractivity contribution in [3.05, 3.63) is 52.8 Å². The molecule has 0 N–H and O–H groups in total. The third-order valence-corrected chi connectivity index (χ3v) is 4.59. The maximum Gasteiger partial charge on any atom is 0.232 e. The summed E-state index contributed by atoms with van der Waals surface area (Å²) >= 11 is 1.69. The van der Waals surface area contributed by atoms with Crippen molar-refractivity contribution in [2.24, 2.45) is 0 Å². The minimum Gasteiger partial charge on any atom is -0.339 e. The highest BCUT2D eigenvalue weighted by Crippen LogP contribution is 2.23. The van der Waals surface area contributed by atoms with Crippen LogP contribution in [0, 0.1) is 0 Å². The first-order valence-electron chi connectivity index (χ1n) is 7.63. The molecule has 3 aromatic heterocycles. The van der Waals surface area contributed by atoms with Crippen LogP contribution in [-0.2, 0) is 13.0 Å². The van der Waals surface area contributed by atoms with Crippen LogP contribution in [0.4, 0.5) is 0 Å². The molecular weight excluding hydrogens is 308 g/mol. The number of nitrogens with zero attached hydrogens (tertiary/aromatic N) is 4. The monoisotopic (exact) mass is 324 g/mol. The molecule has 0 amide bonds. The molecule has 0 aliphatic heterocycles. The highest BCUT2D eigenvalue weighted by Gasteiger charge is 2.11. The molecule has 0 aliphatic rings. The van der Waals surface area contributed by atoms with E-state index in [1.165, 1.54) is 4.88 Å². The maximum atomic E-state index is 5.39. The third kappa shape index (κ3) is 2.77. The van der Waals surface area contributed by atoms with E-state index in [9.17, 15) is 0 Å². The minimum atomic E-state index is 0.628. The Bertz CT molecular complexity index is 923. The zero-order valence-electron chi connectivity index (χ0n) is 12.8. The summed E-state index contributed by atoms with van der Waals surface area (Å²) in [6.07, 6.45) is 3.64. The van der Waals surface area contributed by atoms with E-state index < -0.39 is 0 Å². The molecular formula is C17H16N4OS. The predicted molar refractivity (Wildman–Crippen MR) is 90.4 cm³/mol. The highest BCUT2D eigenvalue weighted by molar-refractivity contribution is 7.09. The van der Waals surface area contributed by atoms with E-state index in [0.717, 1.165) is 29.6 Å². The van der Waals surface area contributed by atoms with E-state index in [0.29, 0.717) is 18.1 Å². The lowest BCUT2D eigenvalue weighted by molar-refractivity contribution is 0.386. The third-order valence-electron chi connectivity index (χ3n) is 3.72. The van der Waals surface area contributed by atoms with E-state index in [-0.39, 0.29) is 0 Å². The fraction of sp³-hybridized carbons (Fsp3) is 0.235. The minimum absolute atomic E-state index is 0.628. The fourth-order valence-electron chi connectivity index (χ4n) is 2.62. The van der Waals surface area contributed by atoms with Gasteiger partial charge in [-0.3, -0.25) is 0 Å². The molecule has 0 atom stereocenters. The normalized spacial score (nSPS) is 11.3. The van der Waals surface area contributed by atoms with Gasteiger partial charge in [-0.25, -0.2) is 4.98 Å². The number of rotatable bonds is 5. The van der Waals surface area contributed by atoms with Crippen LogP contribution in [0.25, 0.3) is 22.4 Å². The summed E-state index contributed by atoms with van der Waals surface area (Å²) in [7, 11) is 0. The molecule has 23 heavy (non-hydrogen) atoms. The van der Waals surface area contributed by atoms with Crippen molar-refractivity contribution in [3.63, 3.8) is 0 Å². The standard InChI is InChI=1S/C17H16N4OS/c1-2-7-21-11-18-14-6-5-12(9-15(14)21)17-19-16(22-20-17)10-13-4-3-8-23-13/h3-6,8-9,11H,2,7,10H2,1H3. The van der Waals surface area contributed by atoms with Gasteiger partial charge in [0.25, 0.3) is 0 Å². The van der Waals surface area contributed by atoms with E-state index in [1.807, 2.05) is 24.5 Å². The van der Waals surface area contributed by atoms with Gasteiger partial charge in [-0.15, -0.1) is 11.3 Å². The number of aryl methyl sites for hydroxylation is 1. The van der Waals surface area contributed by atoms with Gasteiger partial charge < -0.3 is 9.09 Å². The molecule has 0 bridgehead atoms. The van der Waals surface area contributed by atoms with E-state index >= 15 is 0 Å². The van der Waals surface area contributed by atoms with Gasteiger partial charge in [0.05, 0.1) is 23.8 Å². The second kappa shape index (κ2) is 5.96. The topological polar surface area (TPSA) is 56.7 Å². The Morgan fingerprint density at radius 1 is 1.26 bits per heavy atom. The van der Waals surface area contributed by atoms with E-state index in [2.05, 4.69) is 44.1 Å². The number of benzene rings is 1. The Hall–Kier alpha value is -2.47. The van der Waals surface area contributed by atoms with Crippen molar-refractivity contribution in [2.75, 3.05) is 0 Å². The van der Waals surface area contributed by atoms with Gasteiger partial charge >= 0.3 is 0 Å². The maximum absolute atomic E-state index is 5.39. The Morgan fingerprint density at radius 3 is 3.04 bits per heavy atom. The molecule has 0 aliphatic carbocycles. The SMILES string of the molecule is CCCn1cnc2ccc(-c3noc(Cc4cccs4)n3)cc21. The van der Waals surface area contributed by atoms with Crippen molar-refractivity contribution in [3.8, 4) is 11.4 Å². The van der Waals surface area contributed by atoms with Crippen molar-refractivity contribution in [2.45, 2.75) is 26.3 Å². The largest absolute Gasteiger partial charge is 0.339 e. The predicted octanol–water partition coefficient (Wildman–Crippen LogP) is 4.15. The van der Waals surface area contributed by atoms with Crippen LogP contribution in [0.1, 0.15) is 24.1 Å². The number of imidazole rings is 1. The Balaban J connectivity index is 1.66.